The quantitative estimate of drug-likeness (QED) is 0.783. The van der Waals surface area contributed by atoms with E-state index in [-0.39, 0.29) is 5.82 Å². The van der Waals surface area contributed by atoms with Crippen molar-refractivity contribution in [2.75, 3.05) is 6.54 Å². The monoisotopic (exact) mass is 271 g/mol. The molecule has 0 aliphatic carbocycles. The lowest BCUT2D eigenvalue weighted by atomic mass is 9.96. The molecule has 0 saturated carbocycles. The lowest BCUT2D eigenvalue weighted by Crippen LogP contribution is -2.14. The van der Waals surface area contributed by atoms with Crippen LogP contribution in [-0.4, -0.2) is 6.54 Å². The van der Waals surface area contributed by atoms with Gasteiger partial charge < -0.3 is 5.32 Å². The van der Waals surface area contributed by atoms with Crippen molar-refractivity contribution in [3.8, 4) is 11.1 Å². The fraction of sp³-hybridized carbons (Fsp3) is 0.333. The molecule has 2 aromatic rings. The Hall–Kier alpha value is -1.67. The Morgan fingerprint density at radius 3 is 2.55 bits per heavy atom. The van der Waals surface area contributed by atoms with Gasteiger partial charge in [0.2, 0.25) is 0 Å². The molecule has 2 heteroatoms. The zero-order valence-electron chi connectivity index (χ0n) is 12.5. The van der Waals surface area contributed by atoms with Crippen LogP contribution in [0.3, 0.4) is 0 Å². The molecule has 2 rings (SSSR count). The molecular formula is C18H22FN. The number of rotatable bonds is 5. The highest BCUT2D eigenvalue weighted by atomic mass is 19.1. The van der Waals surface area contributed by atoms with Gasteiger partial charge in [0.05, 0.1) is 0 Å². The SMILES string of the molecule is CCCNCc1ccc(C)cc1-c1ccc(F)c(C)c1. The lowest BCUT2D eigenvalue weighted by Gasteiger charge is -2.13. The van der Waals surface area contributed by atoms with Gasteiger partial charge in [-0.25, -0.2) is 4.39 Å². The molecule has 0 heterocycles. The third-order valence-electron chi connectivity index (χ3n) is 3.48. The number of benzene rings is 2. The van der Waals surface area contributed by atoms with Crippen LogP contribution in [0, 0.1) is 19.7 Å². The van der Waals surface area contributed by atoms with E-state index < -0.39 is 0 Å². The summed E-state index contributed by atoms with van der Waals surface area (Å²) in [6.07, 6.45) is 1.12. The minimum absolute atomic E-state index is 0.146. The number of hydrogen-bond donors (Lipinski definition) is 1. The summed E-state index contributed by atoms with van der Waals surface area (Å²) in [5, 5.41) is 3.43. The molecule has 0 aliphatic heterocycles. The first-order valence-corrected chi connectivity index (χ1v) is 7.18. The Bertz CT molecular complexity index is 590. The minimum atomic E-state index is -0.146. The van der Waals surface area contributed by atoms with Crippen LogP contribution in [-0.2, 0) is 6.54 Å². The summed E-state index contributed by atoms with van der Waals surface area (Å²) in [7, 11) is 0. The molecular weight excluding hydrogens is 249 g/mol. The first-order chi connectivity index (χ1) is 9.61. The van der Waals surface area contributed by atoms with E-state index in [2.05, 4.69) is 37.4 Å². The van der Waals surface area contributed by atoms with Gasteiger partial charge in [0, 0.05) is 6.54 Å². The van der Waals surface area contributed by atoms with Crippen molar-refractivity contribution < 1.29 is 4.39 Å². The molecule has 0 aromatic heterocycles. The van der Waals surface area contributed by atoms with Crippen molar-refractivity contribution in [1.82, 2.24) is 5.32 Å². The normalized spacial score (nSPS) is 10.8. The molecule has 0 unspecified atom stereocenters. The minimum Gasteiger partial charge on any atom is -0.313 e. The fourth-order valence-corrected chi connectivity index (χ4v) is 2.33. The number of hydrogen-bond acceptors (Lipinski definition) is 1. The van der Waals surface area contributed by atoms with E-state index in [0.717, 1.165) is 25.1 Å². The van der Waals surface area contributed by atoms with Crippen molar-refractivity contribution in [2.24, 2.45) is 0 Å². The summed E-state index contributed by atoms with van der Waals surface area (Å²) in [6.45, 7) is 7.91. The van der Waals surface area contributed by atoms with E-state index in [9.17, 15) is 4.39 Å². The smallest absolute Gasteiger partial charge is 0.126 e. The average molecular weight is 271 g/mol. The summed E-state index contributed by atoms with van der Waals surface area (Å²) in [5.74, 6) is -0.146. The summed E-state index contributed by atoms with van der Waals surface area (Å²) in [5.41, 5.74) is 5.45. The number of aryl methyl sites for hydroxylation is 2. The van der Waals surface area contributed by atoms with Gasteiger partial charge in [0.25, 0.3) is 0 Å². The maximum Gasteiger partial charge on any atom is 0.126 e. The molecule has 0 amide bonds. The average Bonchev–Trinajstić information content (AvgIpc) is 2.44. The van der Waals surface area contributed by atoms with Crippen molar-refractivity contribution in [2.45, 2.75) is 33.7 Å². The molecule has 0 fully saturated rings. The Labute approximate surface area is 120 Å². The van der Waals surface area contributed by atoms with Crippen LogP contribution in [0.5, 0.6) is 0 Å². The van der Waals surface area contributed by atoms with Crippen LogP contribution in [0.1, 0.15) is 30.0 Å². The summed E-state index contributed by atoms with van der Waals surface area (Å²) < 4.78 is 13.4. The molecule has 0 radical (unpaired) electrons. The highest BCUT2D eigenvalue weighted by Gasteiger charge is 2.07. The van der Waals surface area contributed by atoms with Gasteiger partial charge in [-0.05, 0) is 61.2 Å². The van der Waals surface area contributed by atoms with Crippen LogP contribution in [0.25, 0.3) is 11.1 Å². The highest BCUT2D eigenvalue weighted by Crippen LogP contribution is 2.26. The van der Waals surface area contributed by atoms with Crippen LogP contribution in [0.4, 0.5) is 4.39 Å². The summed E-state index contributed by atoms with van der Waals surface area (Å²) >= 11 is 0. The zero-order valence-corrected chi connectivity index (χ0v) is 12.5. The molecule has 0 bridgehead atoms. The van der Waals surface area contributed by atoms with Gasteiger partial charge in [-0.1, -0.05) is 36.8 Å². The van der Waals surface area contributed by atoms with Gasteiger partial charge in [0.15, 0.2) is 0 Å². The molecule has 2 aromatic carbocycles. The van der Waals surface area contributed by atoms with E-state index >= 15 is 0 Å². The maximum atomic E-state index is 13.4. The number of halogens is 1. The molecule has 0 atom stereocenters. The van der Waals surface area contributed by atoms with Crippen LogP contribution in [0.15, 0.2) is 36.4 Å². The van der Waals surface area contributed by atoms with E-state index in [1.54, 1.807) is 6.07 Å². The van der Waals surface area contributed by atoms with Crippen LogP contribution >= 0.6 is 0 Å². The molecule has 0 saturated heterocycles. The second kappa shape index (κ2) is 6.67. The molecule has 106 valence electrons. The molecule has 1 nitrogen and oxygen atoms in total. The second-order valence-electron chi connectivity index (χ2n) is 5.30. The lowest BCUT2D eigenvalue weighted by molar-refractivity contribution is 0.618. The van der Waals surface area contributed by atoms with Gasteiger partial charge in [-0.15, -0.1) is 0 Å². The van der Waals surface area contributed by atoms with Crippen molar-refractivity contribution in [3.05, 3.63) is 58.9 Å². The van der Waals surface area contributed by atoms with E-state index in [1.807, 2.05) is 19.1 Å². The first kappa shape index (κ1) is 14.7. The summed E-state index contributed by atoms with van der Waals surface area (Å²) in [4.78, 5) is 0. The first-order valence-electron chi connectivity index (χ1n) is 7.18. The van der Waals surface area contributed by atoms with E-state index in [4.69, 9.17) is 0 Å². The Kier molecular flexibility index (Phi) is 4.91. The zero-order chi connectivity index (χ0) is 14.5. The van der Waals surface area contributed by atoms with Crippen LogP contribution < -0.4 is 5.32 Å². The second-order valence-corrected chi connectivity index (χ2v) is 5.30. The molecule has 20 heavy (non-hydrogen) atoms. The van der Waals surface area contributed by atoms with Gasteiger partial charge in [-0.3, -0.25) is 0 Å². The van der Waals surface area contributed by atoms with Crippen molar-refractivity contribution in [3.63, 3.8) is 0 Å². The van der Waals surface area contributed by atoms with Gasteiger partial charge >= 0.3 is 0 Å². The topological polar surface area (TPSA) is 12.0 Å². The standard InChI is InChI=1S/C18H22FN/c1-4-9-20-12-16-6-5-13(2)10-17(16)15-7-8-18(19)14(3)11-15/h5-8,10-11,20H,4,9,12H2,1-3H3. The maximum absolute atomic E-state index is 13.4. The summed E-state index contributed by atoms with van der Waals surface area (Å²) in [6, 6.07) is 11.8. The number of nitrogens with one attached hydrogen (secondary N) is 1. The Morgan fingerprint density at radius 1 is 1.05 bits per heavy atom. The Balaban J connectivity index is 2.37. The highest BCUT2D eigenvalue weighted by molar-refractivity contribution is 5.68. The molecule has 0 spiro atoms. The van der Waals surface area contributed by atoms with Crippen molar-refractivity contribution in [1.29, 1.82) is 0 Å². The third kappa shape index (κ3) is 3.45. The molecule has 0 aliphatic rings. The van der Waals surface area contributed by atoms with E-state index in [0.29, 0.717) is 5.56 Å². The fourth-order valence-electron chi connectivity index (χ4n) is 2.33. The predicted octanol–water partition coefficient (Wildman–Crippen LogP) is 4.61. The van der Waals surface area contributed by atoms with E-state index in [1.165, 1.54) is 16.7 Å². The molecule has 1 N–H and O–H groups in total. The third-order valence-corrected chi connectivity index (χ3v) is 3.48. The van der Waals surface area contributed by atoms with Crippen molar-refractivity contribution >= 4 is 0 Å². The Morgan fingerprint density at radius 2 is 1.85 bits per heavy atom. The predicted molar refractivity (Wildman–Crippen MR) is 83.3 cm³/mol. The largest absolute Gasteiger partial charge is 0.313 e. The van der Waals surface area contributed by atoms with Gasteiger partial charge in [-0.2, -0.15) is 0 Å². The van der Waals surface area contributed by atoms with Crippen LogP contribution in [0.2, 0.25) is 0 Å². The van der Waals surface area contributed by atoms with Gasteiger partial charge in [0.1, 0.15) is 5.82 Å².